The number of benzene rings is 7. The van der Waals surface area contributed by atoms with Crippen LogP contribution in [0.1, 0.15) is 26.3 Å². The largest absolute Gasteiger partial charge is 0.456 e. The highest BCUT2D eigenvalue weighted by Crippen LogP contribution is 2.37. The van der Waals surface area contributed by atoms with E-state index in [0.717, 1.165) is 66.5 Å². The zero-order valence-corrected chi connectivity index (χ0v) is 30.3. The van der Waals surface area contributed by atoms with Gasteiger partial charge >= 0.3 is 0 Å². The molecule has 0 bridgehead atoms. The number of aromatic nitrogens is 4. The molecule has 10 aromatic rings. The Morgan fingerprint density at radius 3 is 1.63 bits per heavy atom. The molecule has 0 saturated carbocycles. The standard InChI is InChI=1S/C49H36N4O/c1-49(2,3)36-23-17-32(18-24-36)47-50-46(31-11-5-4-6-12-31)51-48(52-47)33-19-25-37(26-20-33)53-42-15-9-7-13-38(42)39-27-21-35(30-43(39)53)34-22-28-45-41(29-34)40-14-8-10-16-44(40)54-45/h4-30H,1-3H3. The zero-order valence-electron chi connectivity index (χ0n) is 30.3. The third-order valence-corrected chi connectivity index (χ3v) is 10.4. The van der Waals surface area contributed by atoms with Gasteiger partial charge in [-0.05, 0) is 76.7 Å². The van der Waals surface area contributed by atoms with E-state index in [9.17, 15) is 0 Å². The van der Waals surface area contributed by atoms with Crippen molar-refractivity contribution in [3.63, 3.8) is 0 Å². The molecular formula is C49H36N4O. The second kappa shape index (κ2) is 12.4. The van der Waals surface area contributed by atoms with E-state index >= 15 is 0 Å². The summed E-state index contributed by atoms with van der Waals surface area (Å²) in [6.45, 7) is 6.67. The Balaban J connectivity index is 1.08. The molecular weight excluding hydrogens is 661 g/mol. The summed E-state index contributed by atoms with van der Waals surface area (Å²) in [7, 11) is 0. The predicted molar refractivity (Wildman–Crippen MR) is 222 cm³/mol. The number of para-hydroxylation sites is 2. The van der Waals surface area contributed by atoms with Crippen LogP contribution in [0.4, 0.5) is 0 Å². The monoisotopic (exact) mass is 696 g/mol. The van der Waals surface area contributed by atoms with Crippen molar-refractivity contribution < 1.29 is 4.42 Å². The summed E-state index contributed by atoms with van der Waals surface area (Å²) in [5.74, 6) is 1.94. The molecule has 5 heteroatoms. The van der Waals surface area contributed by atoms with Crippen LogP contribution in [0.3, 0.4) is 0 Å². The van der Waals surface area contributed by atoms with Crippen LogP contribution in [0, 0.1) is 0 Å². The van der Waals surface area contributed by atoms with E-state index in [1.165, 1.54) is 16.3 Å². The summed E-state index contributed by atoms with van der Waals surface area (Å²) < 4.78 is 8.48. The molecule has 3 aromatic heterocycles. The number of nitrogens with zero attached hydrogens (tertiary/aromatic N) is 4. The highest BCUT2D eigenvalue weighted by molar-refractivity contribution is 6.11. The Bertz CT molecular complexity index is 3000. The molecule has 0 saturated heterocycles. The van der Waals surface area contributed by atoms with Gasteiger partial charge in [-0.2, -0.15) is 0 Å². The Labute approximate surface area is 313 Å². The first-order chi connectivity index (χ1) is 26.4. The first kappa shape index (κ1) is 31.9. The van der Waals surface area contributed by atoms with Gasteiger partial charge in [-0.3, -0.25) is 0 Å². The van der Waals surface area contributed by atoms with E-state index in [4.69, 9.17) is 19.4 Å². The summed E-state index contributed by atoms with van der Waals surface area (Å²) >= 11 is 0. The molecule has 7 aromatic carbocycles. The second-order valence-corrected chi connectivity index (χ2v) is 14.9. The molecule has 0 aliphatic carbocycles. The average molecular weight is 697 g/mol. The molecule has 0 radical (unpaired) electrons. The lowest BCUT2D eigenvalue weighted by Gasteiger charge is -2.19. The van der Waals surface area contributed by atoms with E-state index < -0.39 is 0 Å². The summed E-state index contributed by atoms with van der Waals surface area (Å²) in [6, 6.07) is 57.4. The maximum Gasteiger partial charge on any atom is 0.164 e. The Morgan fingerprint density at radius 2 is 0.926 bits per heavy atom. The van der Waals surface area contributed by atoms with Crippen molar-refractivity contribution in [2.24, 2.45) is 0 Å². The van der Waals surface area contributed by atoms with Crippen LogP contribution in [-0.2, 0) is 5.41 Å². The van der Waals surface area contributed by atoms with Crippen molar-refractivity contribution in [2.75, 3.05) is 0 Å². The van der Waals surface area contributed by atoms with E-state index in [1.807, 2.05) is 42.5 Å². The van der Waals surface area contributed by atoms with E-state index in [1.54, 1.807) is 0 Å². The van der Waals surface area contributed by atoms with Crippen molar-refractivity contribution in [1.29, 1.82) is 0 Å². The van der Waals surface area contributed by atoms with Crippen molar-refractivity contribution in [1.82, 2.24) is 19.5 Å². The molecule has 0 atom stereocenters. The number of fused-ring (bicyclic) bond motifs is 6. The average Bonchev–Trinajstić information content (AvgIpc) is 3.76. The third-order valence-electron chi connectivity index (χ3n) is 10.4. The molecule has 0 spiro atoms. The Morgan fingerprint density at radius 1 is 0.407 bits per heavy atom. The van der Waals surface area contributed by atoms with Crippen molar-refractivity contribution >= 4 is 43.7 Å². The normalized spacial score (nSPS) is 12.0. The maximum atomic E-state index is 6.13. The molecule has 10 rings (SSSR count). The minimum Gasteiger partial charge on any atom is -0.456 e. The highest BCUT2D eigenvalue weighted by Gasteiger charge is 2.18. The quantitative estimate of drug-likeness (QED) is 0.180. The van der Waals surface area contributed by atoms with Crippen LogP contribution in [0.5, 0.6) is 0 Å². The number of hydrogen-bond acceptors (Lipinski definition) is 4. The van der Waals surface area contributed by atoms with Gasteiger partial charge in [-0.15, -0.1) is 0 Å². The van der Waals surface area contributed by atoms with Gasteiger partial charge in [-0.1, -0.05) is 130 Å². The van der Waals surface area contributed by atoms with Crippen LogP contribution in [0.15, 0.2) is 168 Å². The van der Waals surface area contributed by atoms with Crippen LogP contribution < -0.4 is 0 Å². The van der Waals surface area contributed by atoms with Gasteiger partial charge < -0.3 is 8.98 Å². The third kappa shape index (κ3) is 5.44. The topological polar surface area (TPSA) is 56.7 Å². The van der Waals surface area contributed by atoms with Crippen molar-refractivity contribution in [3.8, 4) is 51.0 Å². The van der Waals surface area contributed by atoms with Crippen LogP contribution in [0.2, 0.25) is 0 Å². The highest BCUT2D eigenvalue weighted by atomic mass is 16.3. The molecule has 0 amide bonds. The predicted octanol–water partition coefficient (Wildman–Crippen LogP) is 12.8. The summed E-state index contributed by atoms with van der Waals surface area (Å²) in [5.41, 5.74) is 11.6. The van der Waals surface area contributed by atoms with Gasteiger partial charge in [0.15, 0.2) is 17.5 Å². The van der Waals surface area contributed by atoms with Gasteiger partial charge in [0.25, 0.3) is 0 Å². The molecule has 54 heavy (non-hydrogen) atoms. The molecule has 0 aliphatic rings. The van der Waals surface area contributed by atoms with Gasteiger partial charge in [-0.25, -0.2) is 15.0 Å². The van der Waals surface area contributed by atoms with Gasteiger partial charge in [0.1, 0.15) is 11.2 Å². The fourth-order valence-corrected chi connectivity index (χ4v) is 7.56. The van der Waals surface area contributed by atoms with Gasteiger partial charge in [0.05, 0.1) is 11.0 Å². The zero-order chi connectivity index (χ0) is 36.4. The minimum atomic E-state index is 0.0571. The lowest BCUT2D eigenvalue weighted by molar-refractivity contribution is 0.590. The number of furan rings is 1. The van der Waals surface area contributed by atoms with E-state index in [0.29, 0.717) is 17.5 Å². The summed E-state index contributed by atoms with van der Waals surface area (Å²) in [4.78, 5) is 15.0. The molecule has 0 fully saturated rings. The fraction of sp³-hybridized carbons (Fsp3) is 0.0816. The molecule has 3 heterocycles. The SMILES string of the molecule is CC(C)(C)c1ccc(-c2nc(-c3ccccc3)nc(-c3ccc(-n4c5ccccc5c5ccc(-c6ccc7oc8ccccc8c7c6)cc54)cc3)n2)cc1. The minimum absolute atomic E-state index is 0.0571. The van der Waals surface area contributed by atoms with E-state index in [-0.39, 0.29) is 5.41 Å². The molecule has 0 N–H and O–H groups in total. The van der Waals surface area contributed by atoms with Gasteiger partial charge in [0, 0.05) is 43.9 Å². The Kier molecular flexibility index (Phi) is 7.31. The van der Waals surface area contributed by atoms with Crippen LogP contribution in [-0.4, -0.2) is 19.5 Å². The lowest BCUT2D eigenvalue weighted by atomic mass is 9.87. The Hall–Kier alpha value is -6.85. The van der Waals surface area contributed by atoms with Crippen molar-refractivity contribution in [3.05, 3.63) is 169 Å². The first-order valence-electron chi connectivity index (χ1n) is 18.4. The smallest absolute Gasteiger partial charge is 0.164 e. The van der Waals surface area contributed by atoms with Crippen LogP contribution in [0.25, 0.3) is 94.7 Å². The molecule has 258 valence electrons. The summed E-state index contributed by atoms with van der Waals surface area (Å²) in [6.07, 6.45) is 0. The summed E-state index contributed by atoms with van der Waals surface area (Å²) in [5, 5.41) is 4.68. The fourth-order valence-electron chi connectivity index (χ4n) is 7.56. The number of hydrogen-bond donors (Lipinski definition) is 0. The van der Waals surface area contributed by atoms with Gasteiger partial charge in [0.2, 0.25) is 0 Å². The lowest BCUT2D eigenvalue weighted by Crippen LogP contribution is -2.10. The first-order valence-corrected chi connectivity index (χ1v) is 18.4. The van der Waals surface area contributed by atoms with E-state index in [2.05, 4.69) is 147 Å². The van der Waals surface area contributed by atoms with Crippen molar-refractivity contribution in [2.45, 2.75) is 26.2 Å². The molecule has 0 unspecified atom stereocenters. The second-order valence-electron chi connectivity index (χ2n) is 14.9. The molecule has 0 aliphatic heterocycles. The maximum absolute atomic E-state index is 6.13. The van der Waals surface area contributed by atoms with Crippen LogP contribution >= 0.6 is 0 Å². The number of rotatable bonds is 5. The molecule has 5 nitrogen and oxygen atoms in total.